The summed E-state index contributed by atoms with van der Waals surface area (Å²) >= 11 is 0. The van der Waals surface area contributed by atoms with Gasteiger partial charge in [-0.25, -0.2) is 4.39 Å². The van der Waals surface area contributed by atoms with Gasteiger partial charge in [-0.2, -0.15) is 0 Å². The molecule has 116 valence electrons. The highest BCUT2D eigenvalue weighted by Crippen LogP contribution is 2.53. The Hall–Kier alpha value is -0.640. The van der Waals surface area contributed by atoms with Gasteiger partial charge in [0.25, 0.3) is 0 Å². The number of rotatable bonds is 3. The van der Waals surface area contributed by atoms with E-state index < -0.39 is 5.72 Å². The van der Waals surface area contributed by atoms with Gasteiger partial charge in [-0.05, 0) is 68.1 Å². The van der Waals surface area contributed by atoms with Gasteiger partial charge < -0.3 is 5.11 Å². The van der Waals surface area contributed by atoms with Crippen LogP contribution in [0.5, 0.6) is 0 Å². The van der Waals surface area contributed by atoms with Crippen molar-refractivity contribution in [2.75, 3.05) is 6.54 Å². The van der Waals surface area contributed by atoms with Gasteiger partial charge in [0.1, 0.15) is 11.5 Å². The molecule has 4 fully saturated rings. The lowest BCUT2D eigenvalue weighted by molar-refractivity contribution is -0.231. The predicted octanol–water partition coefficient (Wildman–Crippen LogP) is 3.37. The van der Waals surface area contributed by atoms with Crippen molar-refractivity contribution in [2.24, 2.45) is 11.8 Å². The highest BCUT2D eigenvalue weighted by Gasteiger charge is 2.54. The van der Waals surface area contributed by atoms with E-state index in [-0.39, 0.29) is 18.2 Å². The molecule has 1 aromatic carbocycles. The molecule has 2 nitrogen and oxygen atoms in total. The van der Waals surface area contributed by atoms with Crippen LogP contribution in [-0.2, 0) is 6.42 Å². The molecule has 2 unspecified atom stereocenters. The fraction of sp³-hybridized carbons (Fsp3) is 0.647. The van der Waals surface area contributed by atoms with Gasteiger partial charge in [0, 0.05) is 12.6 Å². The quantitative estimate of drug-likeness (QED) is 0.925. The van der Waals surface area contributed by atoms with E-state index >= 15 is 0 Å². The summed E-state index contributed by atoms with van der Waals surface area (Å²) in [6, 6.07) is 7.40. The summed E-state index contributed by atoms with van der Waals surface area (Å²) in [7, 11) is 0. The van der Waals surface area contributed by atoms with E-state index in [4.69, 9.17) is 0 Å². The molecule has 2 saturated carbocycles. The molecule has 1 aromatic rings. The molecule has 2 aliphatic carbocycles. The van der Waals surface area contributed by atoms with E-state index in [0.29, 0.717) is 6.04 Å². The minimum absolute atomic E-state index is 0. The molecule has 21 heavy (non-hydrogen) atoms. The normalized spacial score (nSPS) is 37.5. The van der Waals surface area contributed by atoms with Crippen molar-refractivity contribution in [1.29, 1.82) is 0 Å². The maximum absolute atomic E-state index is 13.2. The molecule has 0 spiro atoms. The van der Waals surface area contributed by atoms with Crippen LogP contribution >= 0.6 is 12.4 Å². The molecule has 4 heteroatoms. The van der Waals surface area contributed by atoms with E-state index in [0.717, 1.165) is 43.2 Å². The Morgan fingerprint density at radius 2 is 1.90 bits per heavy atom. The fourth-order valence-electron chi connectivity index (χ4n) is 5.03. The van der Waals surface area contributed by atoms with E-state index in [1.165, 1.54) is 25.3 Å². The summed E-state index contributed by atoms with van der Waals surface area (Å²) < 4.78 is 13.2. The molecule has 2 aliphatic heterocycles. The molecule has 2 atom stereocenters. The largest absolute Gasteiger partial charge is 0.376 e. The Balaban J connectivity index is 0.00000132. The van der Waals surface area contributed by atoms with Gasteiger partial charge in [-0.1, -0.05) is 12.1 Å². The monoisotopic (exact) mass is 311 g/mol. The van der Waals surface area contributed by atoms with Crippen LogP contribution in [0.1, 0.15) is 37.7 Å². The molecular weight excluding hydrogens is 289 g/mol. The third kappa shape index (κ3) is 2.71. The van der Waals surface area contributed by atoms with Crippen LogP contribution in [0.3, 0.4) is 0 Å². The van der Waals surface area contributed by atoms with Gasteiger partial charge in [0.15, 0.2) is 0 Å². The van der Waals surface area contributed by atoms with Crippen LogP contribution in [0.2, 0.25) is 0 Å². The third-order valence-electron chi connectivity index (χ3n) is 5.61. The predicted molar refractivity (Wildman–Crippen MR) is 82.9 cm³/mol. The van der Waals surface area contributed by atoms with Gasteiger partial charge in [0.05, 0.1) is 0 Å². The maximum Gasteiger partial charge on any atom is 0.123 e. The number of piperidine rings is 2. The molecule has 2 saturated heterocycles. The number of halogens is 2. The molecular formula is C17H23ClFNO. The van der Waals surface area contributed by atoms with E-state index in [1.807, 2.05) is 6.07 Å². The average molecular weight is 312 g/mol. The first-order valence-electron chi connectivity index (χ1n) is 7.86. The average Bonchev–Trinajstić information content (AvgIpc) is 2.36. The number of hydrogen-bond acceptors (Lipinski definition) is 2. The van der Waals surface area contributed by atoms with Crippen LogP contribution in [0.4, 0.5) is 4.39 Å². The Labute approximate surface area is 131 Å². The highest BCUT2D eigenvalue weighted by molar-refractivity contribution is 5.85. The summed E-state index contributed by atoms with van der Waals surface area (Å²) in [4.78, 5) is 2.32. The summed E-state index contributed by atoms with van der Waals surface area (Å²) in [5.41, 5.74) is 0.463. The van der Waals surface area contributed by atoms with E-state index in [2.05, 4.69) is 4.90 Å². The number of nitrogens with zero attached hydrogens (tertiary/aromatic N) is 1. The van der Waals surface area contributed by atoms with Crippen molar-refractivity contribution in [3.05, 3.63) is 35.6 Å². The number of aliphatic hydroxyl groups is 1. The molecule has 0 aromatic heterocycles. The smallest absolute Gasteiger partial charge is 0.123 e. The number of benzene rings is 1. The lowest BCUT2D eigenvalue weighted by Gasteiger charge is -2.61. The Kier molecular flexibility index (Phi) is 4.02. The fourth-order valence-corrected chi connectivity index (χ4v) is 5.03. The van der Waals surface area contributed by atoms with Crippen LogP contribution in [0, 0.1) is 17.7 Å². The van der Waals surface area contributed by atoms with Crippen LogP contribution < -0.4 is 0 Å². The summed E-state index contributed by atoms with van der Waals surface area (Å²) in [5.74, 6) is 1.31. The molecule has 1 N–H and O–H groups in total. The number of hydrogen-bond donors (Lipinski definition) is 1. The van der Waals surface area contributed by atoms with Gasteiger partial charge >= 0.3 is 0 Å². The molecule has 4 aliphatic rings. The van der Waals surface area contributed by atoms with Crippen molar-refractivity contribution < 1.29 is 9.50 Å². The van der Waals surface area contributed by atoms with Crippen molar-refractivity contribution in [1.82, 2.24) is 4.90 Å². The second-order valence-electron chi connectivity index (χ2n) is 7.06. The second kappa shape index (κ2) is 5.53. The van der Waals surface area contributed by atoms with Gasteiger partial charge in [-0.3, -0.25) is 4.90 Å². The zero-order chi connectivity index (χ0) is 13.7. The minimum atomic E-state index is -0.567. The SMILES string of the molecule is Cl.OC12CC3CC(CC(C3)N1CCc1cccc(F)c1)C2. The lowest BCUT2D eigenvalue weighted by Crippen LogP contribution is -2.66. The zero-order valence-electron chi connectivity index (χ0n) is 12.2. The van der Waals surface area contributed by atoms with Gasteiger partial charge in [-0.15, -0.1) is 12.4 Å². The van der Waals surface area contributed by atoms with Gasteiger partial charge in [0.2, 0.25) is 0 Å². The zero-order valence-corrected chi connectivity index (χ0v) is 13.0. The lowest BCUT2D eigenvalue weighted by atomic mass is 9.62. The standard InChI is InChI=1S/C17H22FNO.ClH/c18-15-3-1-2-12(7-15)4-5-19-16-8-13-6-14(9-16)11-17(19,20)10-13;/h1-3,7,13-14,16,20H,4-6,8-11H2;1H. The van der Waals surface area contributed by atoms with Crippen molar-refractivity contribution in [3.63, 3.8) is 0 Å². The summed E-state index contributed by atoms with van der Waals surface area (Å²) in [6.45, 7) is 0.851. The Morgan fingerprint density at radius 3 is 2.52 bits per heavy atom. The molecule has 2 heterocycles. The minimum Gasteiger partial charge on any atom is -0.376 e. The van der Waals surface area contributed by atoms with E-state index in [9.17, 15) is 9.50 Å². The third-order valence-corrected chi connectivity index (χ3v) is 5.61. The molecule has 0 amide bonds. The summed E-state index contributed by atoms with van der Waals surface area (Å²) in [6.07, 6.45) is 6.55. The molecule has 0 radical (unpaired) electrons. The second-order valence-corrected chi connectivity index (χ2v) is 7.06. The van der Waals surface area contributed by atoms with Crippen LogP contribution in [-0.4, -0.2) is 28.3 Å². The van der Waals surface area contributed by atoms with Crippen LogP contribution in [0.15, 0.2) is 24.3 Å². The topological polar surface area (TPSA) is 23.5 Å². The van der Waals surface area contributed by atoms with Crippen LogP contribution in [0.25, 0.3) is 0 Å². The first kappa shape index (κ1) is 15.3. The Bertz CT molecular complexity index is 509. The van der Waals surface area contributed by atoms with Crippen molar-refractivity contribution in [3.8, 4) is 0 Å². The summed E-state index contributed by atoms with van der Waals surface area (Å²) in [5, 5.41) is 10.9. The first-order valence-corrected chi connectivity index (χ1v) is 7.86. The van der Waals surface area contributed by atoms with Crippen molar-refractivity contribution >= 4 is 12.4 Å². The highest BCUT2D eigenvalue weighted by atomic mass is 35.5. The molecule has 4 bridgehead atoms. The first-order chi connectivity index (χ1) is 9.62. The molecule has 5 rings (SSSR count). The van der Waals surface area contributed by atoms with E-state index in [1.54, 1.807) is 12.1 Å². The van der Waals surface area contributed by atoms with Crippen molar-refractivity contribution in [2.45, 2.75) is 50.3 Å². The Morgan fingerprint density at radius 1 is 1.19 bits per heavy atom. The maximum atomic E-state index is 13.2.